The van der Waals surface area contributed by atoms with Crippen molar-refractivity contribution in [2.45, 2.75) is 6.92 Å². The molecular weight excluding hydrogens is 174 g/mol. The Morgan fingerprint density at radius 1 is 1.42 bits per heavy atom. The Labute approximate surface area is 74.9 Å². The van der Waals surface area contributed by atoms with Crippen LogP contribution in [0.5, 0.6) is 0 Å². The van der Waals surface area contributed by atoms with E-state index in [1.54, 1.807) is 6.07 Å². The number of aliphatic imine (C=N–C) groups is 1. The molecule has 1 aromatic rings. The highest BCUT2D eigenvalue weighted by atomic mass is 35.5. The fraction of sp³-hybridized carbons (Fsp3) is 0.111. The quantitative estimate of drug-likeness (QED) is 0.602. The minimum Gasteiger partial charge on any atom is -0.286 e. The van der Waals surface area contributed by atoms with Gasteiger partial charge in [-0.25, -0.2) is 4.99 Å². The van der Waals surface area contributed by atoms with Crippen molar-refractivity contribution in [3.63, 3.8) is 0 Å². The van der Waals surface area contributed by atoms with Crippen molar-refractivity contribution < 1.29 is 4.79 Å². The van der Waals surface area contributed by atoms with Crippen LogP contribution in [0.4, 0.5) is 5.69 Å². The zero-order valence-corrected chi connectivity index (χ0v) is 7.22. The summed E-state index contributed by atoms with van der Waals surface area (Å²) in [4.78, 5) is 15.2. The number of Topliss-reactive ketones (excluding diaryl/α,β-unsaturated/α-hetero) is 1. The molecule has 3 heteroatoms. The number of fused-ring (bicyclic) bond motifs is 1. The normalized spacial score (nSPS) is 14.5. The van der Waals surface area contributed by atoms with Crippen LogP contribution in [-0.2, 0) is 0 Å². The summed E-state index contributed by atoms with van der Waals surface area (Å²) < 4.78 is 0. The molecule has 0 aromatic heterocycles. The molecule has 0 unspecified atom stereocenters. The number of hydrogen-bond acceptors (Lipinski definition) is 2. The summed E-state index contributed by atoms with van der Waals surface area (Å²) in [6.45, 7) is 1.95. The zero-order valence-electron chi connectivity index (χ0n) is 6.47. The van der Waals surface area contributed by atoms with Crippen molar-refractivity contribution in [3.8, 4) is 0 Å². The van der Waals surface area contributed by atoms with E-state index in [4.69, 9.17) is 11.6 Å². The van der Waals surface area contributed by atoms with Crippen LogP contribution in [0.1, 0.15) is 15.9 Å². The summed E-state index contributed by atoms with van der Waals surface area (Å²) in [6, 6.07) is 5.48. The number of carbonyl (C=O) groups is 1. The molecule has 0 amide bonds. The minimum absolute atomic E-state index is 0.0654. The third-order valence-electron chi connectivity index (χ3n) is 1.80. The Kier molecular flexibility index (Phi) is 1.51. The second-order valence-corrected chi connectivity index (χ2v) is 3.11. The van der Waals surface area contributed by atoms with Gasteiger partial charge in [0.2, 0.25) is 5.78 Å². The smallest absolute Gasteiger partial charge is 0.225 e. The molecule has 0 saturated carbocycles. The number of hydrogen-bond donors (Lipinski definition) is 0. The van der Waals surface area contributed by atoms with E-state index in [0.717, 1.165) is 5.56 Å². The summed E-state index contributed by atoms with van der Waals surface area (Å²) in [5.41, 5.74) is 2.37. The minimum atomic E-state index is -0.174. The standard InChI is InChI=1S/C9H6ClNO/c1-5-2-3-6-7(4-5)11-9(10)8(6)12/h2-4H,1H3. The summed E-state index contributed by atoms with van der Waals surface area (Å²) in [5.74, 6) is -0.174. The number of aryl methyl sites for hydroxylation is 1. The topological polar surface area (TPSA) is 29.4 Å². The molecule has 12 heavy (non-hydrogen) atoms. The molecule has 1 aliphatic heterocycles. The molecule has 1 aromatic carbocycles. The maximum absolute atomic E-state index is 11.2. The Bertz CT molecular complexity index is 396. The Morgan fingerprint density at radius 2 is 2.17 bits per heavy atom. The van der Waals surface area contributed by atoms with Gasteiger partial charge in [-0.15, -0.1) is 0 Å². The average molecular weight is 180 g/mol. The van der Waals surface area contributed by atoms with E-state index >= 15 is 0 Å². The van der Waals surface area contributed by atoms with Crippen LogP contribution < -0.4 is 0 Å². The molecule has 0 spiro atoms. The Hall–Kier alpha value is -1.15. The molecule has 0 aliphatic carbocycles. The predicted octanol–water partition coefficient (Wildman–Crippen LogP) is 2.46. The van der Waals surface area contributed by atoms with Crippen LogP contribution in [0, 0.1) is 6.92 Å². The van der Waals surface area contributed by atoms with Crippen molar-refractivity contribution in [2.24, 2.45) is 4.99 Å². The molecule has 2 rings (SSSR count). The number of ketones is 1. The van der Waals surface area contributed by atoms with E-state index < -0.39 is 0 Å². The molecular formula is C9H6ClNO. The number of carbonyl (C=O) groups excluding carboxylic acids is 1. The molecule has 0 fully saturated rings. The number of rotatable bonds is 0. The first-order valence-electron chi connectivity index (χ1n) is 3.58. The van der Waals surface area contributed by atoms with Gasteiger partial charge in [0.15, 0.2) is 5.17 Å². The maximum Gasteiger partial charge on any atom is 0.225 e. The van der Waals surface area contributed by atoms with Crippen molar-refractivity contribution in [1.29, 1.82) is 0 Å². The van der Waals surface area contributed by atoms with Crippen molar-refractivity contribution in [1.82, 2.24) is 0 Å². The van der Waals surface area contributed by atoms with Gasteiger partial charge in [-0.3, -0.25) is 4.79 Å². The second kappa shape index (κ2) is 2.42. The van der Waals surface area contributed by atoms with Gasteiger partial charge in [-0.1, -0.05) is 17.7 Å². The molecule has 0 bridgehead atoms. The highest BCUT2D eigenvalue weighted by molar-refractivity contribution is 6.86. The van der Waals surface area contributed by atoms with Gasteiger partial charge >= 0.3 is 0 Å². The van der Waals surface area contributed by atoms with Crippen LogP contribution in [-0.4, -0.2) is 11.0 Å². The lowest BCUT2D eigenvalue weighted by atomic mass is 10.1. The number of benzene rings is 1. The lowest BCUT2D eigenvalue weighted by Gasteiger charge is -1.95. The molecule has 1 heterocycles. The first kappa shape index (κ1) is 7.50. The van der Waals surface area contributed by atoms with E-state index in [9.17, 15) is 4.79 Å². The fourth-order valence-corrected chi connectivity index (χ4v) is 1.39. The third-order valence-corrected chi connectivity index (χ3v) is 2.06. The average Bonchev–Trinajstić information content (AvgIpc) is 2.28. The molecule has 2 nitrogen and oxygen atoms in total. The number of halogens is 1. The lowest BCUT2D eigenvalue weighted by Crippen LogP contribution is -2.00. The van der Waals surface area contributed by atoms with Gasteiger partial charge in [0.05, 0.1) is 11.3 Å². The molecule has 1 aliphatic rings. The van der Waals surface area contributed by atoms with Crippen molar-refractivity contribution in [3.05, 3.63) is 29.3 Å². The lowest BCUT2D eigenvalue weighted by molar-refractivity contribution is 0.107. The van der Waals surface area contributed by atoms with Crippen LogP contribution in [0.3, 0.4) is 0 Å². The zero-order chi connectivity index (χ0) is 8.72. The summed E-state index contributed by atoms with van der Waals surface area (Å²) in [6.07, 6.45) is 0. The molecule has 0 N–H and O–H groups in total. The van der Waals surface area contributed by atoms with E-state index in [-0.39, 0.29) is 11.0 Å². The van der Waals surface area contributed by atoms with Crippen LogP contribution in [0.25, 0.3) is 0 Å². The first-order valence-corrected chi connectivity index (χ1v) is 3.96. The largest absolute Gasteiger partial charge is 0.286 e. The summed E-state index contributed by atoms with van der Waals surface area (Å²) in [5, 5.41) is 0.0654. The van der Waals surface area contributed by atoms with Crippen LogP contribution in [0.15, 0.2) is 23.2 Å². The predicted molar refractivity (Wildman–Crippen MR) is 48.5 cm³/mol. The van der Waals surface area contributed by atoms with Crippen LogP contribution >= 0.6 is 11.6 Å². The Morgan fingerprint density at radius 3 is 2.92 bits per heavy atom. The first-order chi connectivity index (χ1) is 5.68. The van der Waals surface area contributed by atoms with Gasteiger partial charge in [-0.05, 0) is 24.6 Å². The highest BCUT2D eigenvalue weighted by Crippen LogP contribution is 2.28. The maximum atomic E-state index is 11.2. The van der Waals surface area contributed by atoms with Gasteiger partial charge in [0.1, 0.15) is 0 Å². The Balaban J connectivity index is 2.65. The molecule has 60 valence electrons. The second-order valence-electron chi connectivity index (χ2n) is 2.75. The summed E-state index contributed by atoms with van der Waals surface area (Å²) >= 11 is 5.58. The fourth-order valence-electron chi connectivity index (χ4n) is 1.19. The monoisotopic (exact) mass is 179 g/mol. The van der Waals surface area contributed by atoms with E-state index in [2.05, 4.69) is 4.99 Å². The molecule has 0 atom stereocenters. The van der Waals surface area contributed by atoms with Crippen LogP contribution in [0.2, 0.25) is 0 Å². The van der Waals surface area contributed by atoms with E-state index in [1.165, 1.54) is 0 Å². The van der Waals surface area contributed by atoms with Gasteiger partial charge in [0.25, 0.3) is 0 Å². The van der Waals surface area contributed by atoms with Crippen molar-refractivity contribution in [2.75, 3.05) is 0 Å². The van der Waals surface area contributed by atoms with Crippen molar-refractivity contribution >= 4 is 28.2 Å². The van der Waals surface area contributed by atoms with Gasteiger partial charge < -0.3 is 0 Å². The number of nitrogens with zero attached hydrogens (tertiary/aromatic N) is 1. The highest BCUT2D eigenvalue weighted by Gasteiger charge is 2.22. The van der Waals surface area contributed by atoms with Gasteiger partial charge in [-0.2, -0.15) is 0 Å². The summed E-state index contributed by atoms with van der Waals surface area (Å²) in [7, 11) is 0. The van der Waals surface area contributed by atoms with Gasteiger partial charge in [0, 0.05) is 0 Å². The third kappa shape index (κ3) is 0.959. The molecule has 0 radical (unpaired) electrons. The SMILES string of the molecule is Cc1ccc2c(c1)N=C(Cl)C2=O. The molecule has 0 saturated heterocycles. The van der Waals surface area contributed by atoms with E-state index in [0.29, 0.717) is 11.3 Å². The van der Waals surface area contributed by atoms with E-state index in [1.807, 2.05) is 19.1 Å².